The molecule has 0 bridgehead atoms. The van der Waals surface area contributed by atoms with Crippen molar-refractivity contribution in [1.82, 2.24) is 4.57 Å². The van der Waals surface area contributed by atoms with E-state index >= 15 is 0 Å². The van der Waals surface area contributed by atoms with Gasteiger partial charge in [0.15, 0.2) is 0 Å². The number of nitrogens with zero attached hydrogens (tertiary/aromatic N) is 1. The molecule has 0 aliphatic rings. The normalized spacial score (nSPS) is 10.8. The molecule has 1 aromatic heterocycles. The molecule has 3 rings (SSSR count). The van der Waals surface area contributed by atoms with Crippen LogP contribution in [0.3, 0.4) is 0 Å². The molecule has 4 heteroatoms. The number of carbonyl (C=O) groups is 1. The standard InChI is InChI=1S/C18H17NO3/c1-12-6-3-4-9-16(12)22-11-13-10-19(2)15-8-5-7-14(17(13)15)18(20)21/h3-10H,11H2,1-2H3,(H,20,21). The maximum absolute atomic E-state index is 11.5. The first-order chi connectivity index (χ1) is 10.6. The molecule has 1 N–H and O–H groups in total. The summed E-state index contributed by atoms with van der Waals surface area (Å²) in [6.07, 6.45) is 1.93. The first kappa shape index (κ1) is 14.2. The van der Waals surface area contributed by atoms with Crippen molar-refractivity contribution in [3.63, 3.8) is 0 Å². The summed E-state index contributed by atoms with van der Waals surface area (Å²) in [4.78, 5) is 11.5. The lowest BCUT2D eigenvalue weighted by Gasteiger charge is -2.08. The van der Waals surface area contributed by atoms with Crippen LogP contribution in [0.5, 0.6) is 5.75 Å². The zero-order valence-electron chi connectivity index (χ0n) is 12.5. The minimum absolute atomic E-state index is 0.307. The molecule has 0 saturated heterocycles. The van der Waals surface area contributed by atoms with E-state index in [0.29, 0.717) is 12.2 Å². The van der Waals surface area contributed by atoms with Gasteiger partial charge in [-0.25, -0.2) is 4.79 Å². The van der Waals surface area contributed by atoms with Crippen LogP contribution in [0.4, 0.5) is 0 Å². The summed E-state index contributed by atoms with van der Waals surface area (Å²) in [6.45, 7) is 2.33. The number of benzene rings is 2. The summed E-state index contributed by atoms with van der Waals surface area (Å²) in [5.41, 5.74) is 3.13. The Bertz CT molecular complexity index is 849. The number of aryl methyl sites for hydroxylation is 2. The number of rotatable bonds is 4. The zero-order chi connectivity index (χ0) is 15.7. The van der Waals surface area contributed by atoms with Crippen molar-refractivity contribution in [2.75, 3.05) is 0 Å². The Balaban J connectivity index is 2.01. The van der Waals surface area contributed by atoms with E-state index in [0.717, 1.165) is 27.8 Å². The Morgan fingerprint density at radius 3 is 2.68 bits per heavy atom. The van der Waals surface area contributed by atoms with Crippen LogP contribution < -0.4 is 4.74 Å². The van der Waals surface area contributed by atoms with Crippen LogP contribution in [0.25, 0.3) is 10.9 Å². The van der Waals surface area contributed by atoms with Gasteiger partial charge in [-0.15, -0.1) is 0 Å². The first-order valence-electron chi connectivity index (χ1n) is 7.06. The molecule has 0 atom stereocenters. The Hall–Kier alpha value is -2.75. The summed E-state index contributed by atoms with van der Waals surface area (Å²) >= 11 is 0. The summed E-state index contributed by atoms with van der Waals surface area (Å²) in [5, 5.41) is 10.1. The lowest BCUT2D eigenvalue weighted by molar-refractivity contribution is 0.0699. The van der Waals surface area contributed by atoms with Gasteiger partial charge in [-0.05, 0) is 30.7 Å². The molecule has 112 valence electrons. The largest absolute Gasteiger partial charge is 0.489 e. The Kier molecular flexibility index (Phi) is 3.59. The van der Waals surface area contributed by atoms with Crippen LogP contribution in [0, 0.1) is 6.92 Å². The van der Waals surface area contributed by atoms with E-state index in [1.807, 2.05) is 55.1 Å². The highest BCUT2D eigenvalue weighted by atomic mass is 16.5. The molecule has 0 amide bonds. The quantitative estimate of drug-likeness (QED) is 0.797. The molecule has 0 fully saturated rings. The third kappa shape index (κ3) is 2.44. The predicted octanol–water partition coefficient (Wildman–Crippen LogP) is 3.76. The van der Waals surface area contributed by atoms with Gasteiger partial charge in [-0.3, -0.25) is 0 Å². The number of ether oxygens (including phenoxy) is 1. The Labute approximate surface area is 128 Å². The highest BCUT2D eigenvalue weighted by Gasteiger charge is 2.15. The van der Waals surface area contributed by atoms with Crippen molar-refractivity contribution in [3.05, 3.63) is 65.4 Å². The van der Waals surface area contributed by atoms with E-state index < -0.39 is 5.97 Å². The van der Waals surface area contributed by atoms with Crippen molar-refractivity contribution < 1.29 is 14.6 Å². The van der Waals surface area contributed by atoms with Crippen LogP contribution in [-0.4, -0.2) is 15.6 Å². The number of carboxylic acids is 1. The maximum atomic E-state index is 11.5. The fourth-order valence-corrected chi connectivity index (χ4v) is 2.70. The molecule has 1 heterocycles. The molecular weight excluding hydrogens is 278 g/mol. The SMILES string of the molecule is Cc1ccccc1OCc1cn(C)c2cccc(C(=O)O)c12. The van der Waals surface area contributed by atoms with E-state index in [9.17, 15) is 9.90 Å². The molecule has 0 aliphatic carbocycles. The second-order valence-electron chi connectivity index (χ2n) is 5.32. The van der Waals surface area contributed by atoms with Gasteiger partial charge in [0.25, 0.3) is 0 Å². The van der Waals surface area contributed by atoms with Gasteiger partial charge in [0, 0.05) is 29.7 Å². The molecule has 22 heavy (non-hydrogen) atoms. The maximum Gasteiger partial charge on any atom is 0.336 e. The number of hydrogen-bond donors (Lipinski definition) is 1. The molecule has 4 nitrogen and oxygen atoms in total. The number of hydrogen-bond acceptors (Lipinski definition) is 2. The zero-order valence-corrected chi connectivity index (χ0v) is 12.5. The molecule has 3 aromatic rings. The summed E-state index contributed by atoms with van der Waals surface area (Å²) in [6, 6.07) is 13.1. The van der Waals surface area contributed by atoms with Crippen LogP contribution in [0.15, 0.2) is 48.7 Å². The third-order valence-corrected chi connectivity index (χ3v) is 3.80. The number of aromatic carboxylic acids is 1. The van der Waals surface area contributed by atoms with Crippen LogP contribution >= 0.6 is 0 Å². The second-order valence-corrected chi connectivity index (χ2v) is 5.32. The molecule has 0 aliphatic heterocycles. The molecule has 0 spiro atoms. The highest BCUT2D eigenvalue weighted by molar-refractivity contribution is 6.04. The fraction of sp³-hybridized carbons (Fsp3) is 0.167. The number of carboxylic acid groups (broad SMARTS) is 1. The van der Waals surface area contributed by atoms with Gasteiger partial charge in [0.2, 0.25) is 0 Å². The molecular formula is C18H17NO3. The van der Waals surface area contributed by atoms with E-state index in [-0.39, 0.29) is 0 Å². The topological polar surface area (TPSA) is 51.5 Å². The second kappa shape index (κ2) is 5.56. The van der Waals surface area contributed by atoms with Crippen molar-refractivity contribution in [1.29, 1.82) is 0 Å². The smallest absolute Gasteiger partial charge is 0.336 e. The molecule has 0 saturated carbocycles. The average molecular weight is 295 g/mol. The van der Waals surface area contributed by atoms with Crippen molar-refractivity contribution in [2.45, 2.75) is 13.5 Å². The first-order valence-corrected chi connectivity index (χ1v) is 7.06. The van der Waals surface area contributed by atoms with Gasteiger partial charge >= 0.3 is 5.97 Å². The van der Waals surface area contributed by atoms with Crippen molar-refractivity contribution in [2.24, 2.45) is 7.05 Å². The number of fused-ring (bicyclic) bond motifs is 1. The van der Waals surface area contributed by atoms with Gasteiger partial charge in [-0.1, -0.05) is 24.3 Å². The van der Waals surface area contributed by atoms with Gasteiger partial charge < -0.3 is 14.4 Å². The summed E-state index contributed by atoms with van der Waals surface area (Å²) < 4.78 is 7.80. The average Bonchev–Trinajstić information content (AvgIpc) is 2.83. The molecule has 2 aromatic carbocycles. The number of para-hydroxylation sites is 1. The molecule has 0 radical (unpaired) electrons. The van der Waals surface area contributed by atoms with Crippen molar-refractivity contribution in [3.8, 4) is 5.75 Å². The summed E-state index contributed by atoms with van der Waals surface area (Å²) in [5.74, 6) is -0.110. The van der Waals surface area contributed by atoms with E-state index in [1.165, 1.54) is 0 Å². The number of aromatic nitrogens is 1. The lowest BCUT2D eigenvalue weighted by Crippen LogP contribution is -2.00. The predicted molar refractivity (Wildman–Crippen MR) is 85.4 cm³/mol. The van der Waals surface area contributed by atoms with Gasteiger partial charge in [0.1, 0.15) is 12.4 Å². The van der Waals surface area contributed by atoms with Crippen molar-refractivity contribution >= 4 is 16.9 Å². The summed E-state index contributed by atoms with van der Waals surface area (Å²) in [7, 11) is 1.91. The third-order valence-electron chi connectivity index (χ3n) is 3.80. The van der Waals surface area contributed by atoms with Gasteiger partial charge in [0.05, 0.1) is 5.56 Å². The fourth-order valence-electron chi connectivity index (χ4n) is 2.70. The Morgan fingerprint density at radius 1 is 1.18 bits per heavy atom. The van der Waals surface area contributed by atoms with E-state index in [2.05, 4.69) is 0 Å². The minimum Gasteiger partial charge on any atom is -0.489 e. The molecule has 0 unspecified atom stereocenters. The van der Waals surface area contributed by atoms with Gasteiger partial charge in [-0.2, -0.15) is 0 Å². The van der Waals surface area contributed by atoms with Crippen LogP contribution in [0.2, 0.25) is 0 Å². The van der Waals surface area contributed by atoms with E-state index in [4.69, 9.17) is 4.74 Å². The van der Waals surface area contributed by atoms with Crippen LogP contribution in [-0.2, 0) is 13.7 Å². The van der Waals surface area contributed by atoms with E-state index in [1.54, 1.807) is 12.1 Å². The monoisotopic (exact) mass is 295 g/mol. The van der Waals surface area contributed by atoms with Crippen LogP contribution in [0.1, 0.15) is 21.5 Å². The minimum atomic E-state index is -0.922. The highest BCUT2D eigenvalue weighted by Crippen LogP contribution is 2.26. The lowest BCUT2D eigenvalue weighted by atomic mass is 10.1. The Morgan fingerprint density at radius 2 is 1.95 bits per heavy atom.